The van der Waals surface area contributed by atoms with Crippen molar-refractivity contribution in [3.05, 3.63) is 70.3 Å². The van der Waals surface area contributed by atoms with Gasteiger partial charge in [-0.3, -0.25) is 4.79 Å². The van der Waals surface area contributed by atoms with E-state index in [1.54, 1.807) is 0 Å². The molecule has 2 aromatic rings. The smallest absolute Gasteiger partial charge is 0.341 e. The second-order valence-corrected chi connectivity index (χ2v) is 5.40. The SMILES string of the molecule is Cc1ccc(CNC(=O)COC(=O)c2cc(F)ccc2F)cc1C. The van der Waals surface area contributed by atoms with Gasteiger partial charge in [-0.25, -0.2) is 13.6 Å². The van der Waals surface area contributed by atoms with Gasteiger partial charge in [0, 0.05) is 6.54 Å². The molecular weight excluding hydrogens is 316 g/mol. The maximum atomic E-state index is 13.4. The summed E-state index contributed by atoms with van der Waals surface area (Å²) in [5, 5.41) is 2.59. The number of ether oxygens (including phenoxy) is 1. The van der Waals surface area contributed by atoms with Crippen molar-refractivity contribution < 1.29 is 23.1 Å². The molecule has 24 heavy (non-hydrogen) atoms. The molecule has 0 heterocycles. The minimum absolute atomic E-state index is 0.284. The van der Waals surface area contributed by atoms with Gasteiger partial charge in [-0.1, -0.05) is 18.2 Å². The van der Waals surface area contributed by atoms with E-state index in [-0.39, 0.29) is 6.54 Å². The van der Waals surface area contributed by atoms with Crippen LogP contribution < -0.4 is 5.32 Å². The average molecular weight is 333 g/mol. The highest BCUT2D eigenvalue weighted by Gasteiger charge is 2.15. The Kier molecular flexibility index (Phi) is 5.63. The third kappa shape index (κ3) is 4.62. The molecule has 1 amide bonds. The Morgan fingerprint density at radius 1 is 1.04 bits per heavy atom. The van der Waals surface area contributed by atoms with Crippen LogP contribution in [0.3, 0.4) is 0 Å². The standard InChI is InChI=1S/C18H17F2NO3/c1-11-3-4-13(7-12(11)2)9-21-17(22)10-24-18(23)15-8-14(19)5-6-16(15)20/h3-8H,9-10H2,1-2H3,(H,21,22). The summed E-state index contributed by atoms with van der Waals surface area (Å²) in [6.07, 6.45) is 0. The summed E-state index contributed by atoms with van der Waals surface area (Å²) >= 11 is 0. The molecular formula is C18H17F2NO3. The predicted octanol–water partition coefficient (Wildman–Crippen LogP) is 3.05. The van der Waals surface area contributed by atoms with E-state index in [4.69, 9.17) is 4.74 Å². The van der Waals surface area contributed by atoms with Crippen LogP contribution in [0.5, 0.6) is 0 Å². The molecule has 1 N–H and O–H groups in total. The van der Waals surface area contributed by atoms with Crippen molar-refractivity contribution >= 4 is 11.9 Å². The van der Waals surface area contributed by atoms with Gasteiger partial charge in [0.05, 0.1) is 5.56 Å². The lowest BCUT2D eigenvalue weighted by Crippen LogP contribution is -2.28. The molecule has 2 rings (SSSR count). The van der Waals surface area contributed by atoms with Crippen LogP contribution in [0.2, 0.25) is 0 Å². The molecule has 6 heteroatoms. The lowest BCUT2D eigenvalue weighted by Gasteiger charge is -2.08. The highest BCUT2D eigenvalue weighted by molar-refractivity contribution is 5.91. The van der Waals surface area contributed by atoms with E-state index in [2.05, 4.69) is 5.32 Å². The molecule has 0 aliphatic heterocycles. The number of benzene rings is 2. The fourth-order valence-electron chi connectivity index (χ4n) is 2.03. The van der Waals surface area contributed by atoms with E-state index in [1.807, 2.05) is 32.0 Å². The Morgan fingerprint density at radius 3 is 2.50 bits per heavy atom. The summed E-state index contributed by atoms with van der Waals surface area (Å²) in [6.45, 7) is 3.67. The largest absolute Gasteiger partial charge is 0.452 e. The predicted molar refractivity (Wildman–Crippen MR) is 84.4 cm³/mol. The fraction of sp³-hybridized carbons (Fsp3) is 0.222. The summed E-state index contributed by atoms with van der Waals surface area (Å²) in [7, 11) is 0. The van der Waals surface area contributed by atoms with Gasteiger partial charge in [0.25, 0.3) is 5.91 Å². The van der Waals surface area contributed by atoms with Crippen LogP contribution in [-0.4, -0.2) is 18.5 Å². The number of amides is 1. The third-order valence-corrected chi connectivity index (χ3v) is 3.54. The van der Waals surface area contributed by atoms with Crippen molar-refractivity contribution in [1.82, 2.24) is 5.32 Å². The van der Waals surface area contributed by atoms with Crippen LogP contribution in [0.4, 0.5) is 8.78 Å². The zero-order valence-corrected chi connectivity index (χ0v) is 13.4. The summed E-state index contributed by atoms with van der Waals surface area (Å²) < 4.78 is 31.1. The van der Waals surface area contributed by atoms with Crippen molar-refractivity contribution in [3.8, 4) is 0 Å². The summed E-state index contributed by atoms with van der Waals surface area (Å²) in [6, 6.07) is 8.23. The van der Waals surface area contributed by atoms with Crippen molar-refractivity contribution in [2.24, 2.45) is 0 Å². The van der Waals surface area contributed by atoms with Crippen molar-refractivity contribution in [1.29, 1.82) is 0 Å². The first-order valence-corrected chi connectivity index (χ1v) is 7.32. The maximum absolute atomic E-state index is 13.4. The molecule has 0 aliphatic carbocycles. The van der Waals surface area contributed by atoms with E-state index >= 15 is 0 Å². The van der Waals surface area contributed by atoms with Crippen LogP contribution >= 0.6 is 0 Å². The molecule has 0 spiro atoms. The zero-order valence-electron chi connectivity index (χ0n) is 13.4. The first kappa shape index (κ1) is 17.6. The van der Waals surface area contributed by atoms with Crippen LogP contribution in [0.1, 0.15) is 27.0 Å². The molecule has 0 bridgehead atoms. The monoisotopic (exact) mass is 333 g/mol. The molecule has 126 valence electrons. The van der Waals surface area contributed by atoms with Gasteiger partial charge in [-0.05, 0) is 48.7 Å². The van der Waals surface area contributed by atoms with Crippen molar-refractivity contribution in [2.45, 2.75) is 20.4 Å². The maximum Gasteiger partial charge on any atom is 0.341 e. The van der Waals surface area contributed by atoms with Gasteiger partial charge in [0.1, 0.15) is 11.6 Å². The Morgan fingerprint density at radius 2 is 1.79 bits per heavy atom. The number of carbonyl (C=O) groups excluding carboxylic acids is 2. The number of carbonyl (C=O) groups is 2. The highest BCUT2D eigenvalue weighted by Crippen LogP contribution is 2.11. The van der Waals surface area contributed by atoms with Crippen LogP contribution in [0.25, 0.3) is 0 Å². The van der Waals surface area contributed by atoms with Crippen molar-refractivity contribution in [2.75, 3.05) is 6.61 Å². The Bertz CT molecular complexity index is 775. The van der Waals surface area contributed by atoms with Gasteiger partial charge in [0.15, 0.2) is 6.61 Å². The average Bonchev–Trinajstić information content (AvgIpc) is 2.56. The topological polar surface area (TPSA) is 55.4 Å². The fourth-order valence-corrected chi connectivity index (χ4v) is 2.03. The summed E-state index contributed by atoms with van der Waals surface area (Å²) in [5.41, 5.74) is 2.62. The number of nitrogens with one attached hydrogen (secondary N) is 1. The highest BCUT2D eigenvalue weighted by atomic mass is 19.1. The van der Waals surface area contributed by atoms with Gasteiger partial charge in [-0.2, -0.15) is 0 Å². The molecule has 0 aliphatic rings. The van der Waals surface area contributed by atoms with Crippen molar-refractivity contribution in [3.63, 3.8) is 0 Å². The third-order valence-electron chi connectivity index (χ3n) is 3.54. The number of esters is 1. The molecule has 0 unspecified atom stereocenters. The van der Waals surface area contributed by atoms with Crippen LogP contribution in [0, 0.1) is 25.5 Å². The molecule has 0 fully saturated rings. The number of hydrogen-bond donors (Lipinski definition) is 1. The molecule has 0 atom stereocenters. The van der Waals surface area contributed by atoms with Gasteiger partial charge >= 0.3 is 5.97 Å². The molecule has 4 nitrogen and oxygen atoms in total. The normalized spacial score (nSPS) is 10.3. The van der Waals surface area contributed by atoms with Gasteiger partial charge in [0.2, 0.25) is 0 Å². The quantitative estimate of drug-likeness (QED) is 0.856. The molecule has 0 radical (unpaired) electrons. The minimum Gasteiger partial charge on any atom is -0.452 e. The molecule has 0 aromatic heterocycles. The zero-order chi connectivity index (χ0) is 17.7. The van der Waals surface area contributed by atoms with Gasteiger partial charge < -0.3 is 10.1 Å². The second kappa shape index (κ2) is 7.68. The number of hydrogen-bond acceptors (Lipinski definition) is 3. The van der Waals surface area contributed by atoms with E-state index in [0.29, 0.717) is 0 Å². The first-order chi connectivity index (χ1) is 11.4. The molecule has 2 aromatic carbocycles. The Balaban J connectivity index is 1.85. The van der Waals surface area contributed by atoms with Crippen LogP contribution in [0.15, 0.2) is 36.4 Å². The second-order valence-electron chi connectivity index (χ2n) is 5.40. The summed E-state index contributed by atoms with van der Waals surface area (Å²) in [4.78, 5) is 23.4. The lowest BCUT2D eigenvalue weighted by molar-refractivity contribution is -0.124. The van der Waals surface area contributed by atoms with E-state index < -0.39 is 35.7 Å². The van der Waals surface area contributed by atoms with E-state index in [1.165, 1.54) is 0 Å². The number of halogens is 2. The molecule has 0 saturated carbocycles. The van der Waals surface area contributed by atoms with E-state index in [9.17, 15) is 18.4 Å². The van der Waals surface area contributed by atoms with Gasteiger partial charge in [-0.15, -0.1) is 0 Å². The lowest BCUT2D eigenvalue weighted by atomic mass is 10.1. The summed E-state index contributed by atoms with van der Waals surface area (Å²) in [5.74, 6) is -3.29. The Labute approximate surface area is 138 Å². The number of rotatable bonds is 5. The number of aryl methyl sites for hydroxylation is 2. The Hall–Kier alpha value is -2.76. The van der Waals surface area contributed by atoms with Crippen LogP contribution in [-0.2, 0) is 16.1 Å². The minimum atomic E-state index is -1.09. The first-order valence-electron chi connectivity index (χ1n) is 7.32. The molecule has 0 saturated heterocycles. The van der Waals surface area contributed by atoms with E-state index in [0.717, 1.165) is 34.9 Å².